The van der Waals surface area contributed by atoms with Crippen LogP contribution in [0.2, 0.25) is 0 Å². The fourth-order valence-corrected chi connectivity index (χ4v) is 2.78. The number of aryl methyl sites for hydroxylation is 2. The molecule has 0 saturated heterocycles. The van der Waals surface area contributed by atoms with E-state index in [-0.39, 0.29) is 12.5 Å². The number of esters is 1. The maximum atomic E-state index is 11.9. The van der Waals surface area contributed by atoms with Gasteiger partial charge in [-0.15, -0.1) is 11.3 Å². The van der Waals surface area contributed by atoms with Crippen molar-refractivity contribution in [1.29, 1.82) is 0 Å². The van der Waals surface area contributed by atoms with Crippen LogP contribution in [-0.2, 0) is 14.3 Å². The van der Waals surface area contributed by atoms with Crippen LogP contribution in [0.4, 0.5) is 5.69 Å². The molecule has 1 aromatic carbocycles. The second-order valence-electron chi connectivity index (χ2n) is 5.20. The van der Waals surface area contributed by atoms with Crippen molar-refractivity contribution in [2.24, 2.45) is 0 Å². The lowest BCUT2D eigenvalue weighted by molar-refractivity contribution is -0.142. The van der Waals surface area contributed by atoms with E-state index in [1.54, 1.807) is 17.4 Å². The van der Waals surface area contributed by atoms with Gasteiger partial charge in [-0.25, -0.2) is 4.79 Å². The number of thiophene rings is 1. The number of benzene rings is 1. The first-order valence-electron chi connectivity index (χ1n) is 7.22. The Bertz CT molecular complexity index is 746. The van der Waals surface area contributed by atoms with Crippen molar-refractivity contribution < 1.29 is 14.3 Å². The third-order valence-electron chi connectivity index (χ3n) is 3.50. The first-order chi connectivity index (χ1) is 11.0. The molecule has 1 N–H and O–H groups in total. The Hall–Kier alpha value is -2.40. The van der Waals surface area contributed by atoms with Gasteiger partial charge in [0.25, 0.3) is 5.91 Å². The minimum atomic E-state index is -0.533. The minimum absolute atomic E-state index is 0.306. The maximum Gasteiger partial charge on any atom is 0.331 e. The zero-order valence-electron chi connectivity index (χ0n) is 13.4. The molecule has 0 spiro atoms. The average Bonchev–Trinajstić information content (AvgIpc) is 2.93. The molecule has 0 atom stereocenters. The second kappa shape index (κ2) is 7.74. The zero-order chi connectivity index (χ0) is 16.8. The summed E-state index contributed by atoms with van der Waals surface area (Å²) in [6, 6.07) is 7.65. The van der Waals surface area contributed by atoms with Crippen LogP contribution in [0.25, 0.3) is 6.08 Å². The van der Waals surface area contributed by atoms with E-state index < -0.39 is 5.97 Å². The van der Waals surface area contributed by atoms with Crippen LogP contribution >= 0.6 is 11.3 Å². The molecular formula is C18H19NO3S. The molecule has 0 aliphatic rings. The lowest BCUT2D eigenvalue weighted by Crippen LogP contribution is -2.20. The quantitative estimate of drug-likeness (QED) is 0.669. The third-order valence-corrected chi connectivity index (χ3v) is 4.48. The van der Waals surface area contributed by atoms with Crippen molar-refractivity contribution in [2.75, 3.05) is 11.9 Å². The monoisotopic (exact) mass is 329 g/mol. The normalized spacial score (nSPS) is 10.7. The highest BCUT2D eigenvalue weighted by Gasteiger charge is 2.08. The molecule has 2 rings (SSSR count). The molecule has 0 fully saturated rings. The fraction of sp³-hybridized carbons (Fsp3) is 0.222. The van der Waals surface area contributed by atoms with Gasteiger partial charge in [-0.1, -0.05) is 12.1 Å². The molecule has 0 radical (unpaired) electrons. The van der Waals surface area contributed by atoms with Crippen LogP contribution in [0.1, 0.15) is 21.6 Å². The van der Waals surface area contributed by atoms with Crippen molar-refractivity contribution >= 4 is 35.0 Å². The van der Waals surface area contributed by atoms with E-state index in [4.69, 9.17) is 4.74 Å². The Balaban J connectivity index is 1.84. The van der Waals surface area contributed by atoms with E-state index in [0.717, 1.165) is 27.3 Å². The highest BCUT2D eigenvalue weighted by Crippen LogP contribution is 2.18. The van der Waals surface area contributed by atoms with E-state index in [2.05, 4.69) is 5.32 Å². The van der Waals surface area contributed by atoms with E-state index in [9.17, 15) is 9.59 Å². The van der Waals surface area contributed by atoms with Gasteiger partial charge in [0.05, 0.1) is 0 Å². The summed E-state index contributed by atoms with van der Waals surface area (Å²) >= 11 is 1.55. The van der Waals surface area contributed by atoms with Crippen LogP contribution < -0.4 is 5.32 Å². The predicted octanol–water partition coefficient (Wildman–Crippen LogP) is 3.87. The molecule has 23 heavy (non-hydrogen) atoms. The summed E-state index contributed by atoms with van der Waals surface area (Å²) in [5, 5.41) is 4.70. The highest BCUT2D eigenvalue weighted by molar-refractivity contribution is 7.11. The molecule has 5 heteroatoms. The number of rotatable bonds is 5. The molecule has 1 aromatic heterocycles. The number of carbonyl (C=O) groups is 2. The van der Waals surface area contributed by atoms with E-state index in [1.165, 1.54) is 6.08 Å². The number of hydrogen-bond donors (Lipinski definition) is 1. The Morgan fingerprint density at radius 3 is 2.65 bits per heavy atom. The predicted molar refractivity (Wildman–Crippen MR) is 93.6 cm³/mol. The van der Waals surface area contributed by atoms with Gasteiger partial charge in [-0.05, 0) is 61.1 Å². The van der Waals surface area contributed by atoms with Gasteiger partial charge in [-0.3, -0.25) is 4.79 Å². The third kappa shape index (κ3) is 4.79. The number of hydrogen-bond acceptors (Lipinski definition) is 4. The summed E-state index contributed by atoms with van der Waals surface area (Å²) in [5.41, 5.74) is 3.93. The Morgan fingerprint density at radius 1 is 1.17 bits per heavy atom. The molecule has 1 amide bonds. The number of anilines is 1. The SMILES string of the molecule is Cc1ccsc1/C=C/C(=O)OCC(=O)Nc1cccc(C)c1C. The molecule has 0 saturated carbocycles. The van der Waals surface area contributed by atoms with Gasteiger partial charge >= 0.3 is 5.97 Å². The number of amides is 1. The van der Waals surface area contributed by atoms with Crippen molar-refractivity contribution in [3.8, 4) is 0 Å². The number of carbonyl (C=O) groups excluding carboxylic acids is 2. The molecular weight excluding hydrogens is 310 g/mol. The summed E-state index contributed by atoms with van der Waals surface area (Å²) in [6.45, 7) is 5.57. The number of ether oxygens (including phenoxy) is 1. The Labute approximate surface area is 139 Å². The van der Waals surface area contributed by atoms with Gasteiger partial charge in [0.15, 0.2) is 6.61 Å². The lowest BCUT2D eigenvalue weighted by Gasteiger charge is -2.10. The molecule has 0 aliphatic carbocycles. The molecule has 120 valence electrons. The van der Waals surface area contributed by atoms with Crippen LogP contribution in [0, 0.1) is 20.8 Å². The average molecular weight is 329 g/mol. The van der Waals surface area contributed by atoms with E-state index >= 15 is 0 Å². The molecule has 2 aromatic rings. The van der Waals surface area contributed by atoms with Crippen LogP contribution in [0.3, 0.4) is 0 Å². The van der Waals surface area contributed by atoms with Gasteiger partial charge in [-0.2, -0.15) is 0 Å². The topological polar surface area (TPSA) is 55.4 Å². The van der Waals surface area contributed by atoms with Gasteiger partial charge in [0.1, 0.15) is 0 Å². The van der Waals surface area contributed by atoms with Crippen molar-refractivity contribution in [3.63, 3.8) is 0 Å². The van der Waals surface area contributed by atoms with Crippen molar-refractivity contribution in [2.45, 2.75) is 20.8 Å². The largest absolute Gasteiger partial charge is 0.452 e. The highest BCUT2D eigenvalue weighted by atomic mass is 32.1. The minimum Gasteiger partial charge on any atom is -0.452 e. The molecule has 4 nitrogen and oxygen atoms in total. The van der Waals surface area contributed by atoms with E-state index in [0.29, 0.717) is 0 Å². The maximum absolute atomic E-state index is 11.9. The Morgan fingerprint density at radius 2 is 1.96 bits per heavy atom. The van der Waals surface area contributed by atoms with Crippen molar-refractivity contribution in [1.82, 2.24) is 0 Å². The molecule has 0 unspecified atom stereocenters. The standard InChI is InChI=1S/C18H19NO3S/c1-12-5-4-6-15(14(12)3)19-17(20)11-22-18(21)8-7-16-13(2)9-10-23-16/h4-10H,11H2,1-3H3,(H,19,20)/b8-7+. The summed E-state index contributed by atoms with van der Waals surface area (Å²) in [5.74, 6) is -0.887. The van der Waals surface area contributed by atoms with Gasteiger partial charge < -0.3 is 10.1 Å². The summed E-state index contributed by atoms with van der Waals surface area (Å²) in [7, 11) is 0. The van der Waals surface area contributed by atoms with Gasteiger partial charge in [0, 0.05) is 16.6 Å². The zero-order valence-corrected chi connectivity index (χ0v) is 14.2. The van der Waals surface area contributed by atoms with Gasteiger partial charge in [0.2, 0.25) is 0 Å². The molecule has 1 heterocycles. The smallest absolute Gasteiger partial charge is 0.331 e. The van der Waals surface area contributed by atoms with Crippen LogP contribution in [0.15, 0.2) is 35.7 Å². The summed E-state index contributed by atoms with van der Waals surface area (Å²) in [6.07, 6.45) is 3.04. The fourth-order valence-electron chi connectivity index (χ4n) is 1.96. The second-order valence-corrected chi connectivity index (χ2v) is 6.15. The van der Waals surface area contributed by atoms with E-state index in [1.807, 2.05) is 50.4 Å². The Kier molecular flexibility index (Phi) is 5.71. The molecule has 0 aliphatic heterocycles. The first-order valence-corrected chi connectivity index (χ1v) is 8.10. The summed E-state index contributed by atoms with van der Waals surface area (Å²) < 4.78 is 4.95. The molecule has 0 bridgehead atoms. The van der Waals surface area contributed by atoms with Crippen LogP contribution in [0.5, 0.6) is 0 Å². The summed E-state index contributed by atoms with van der Waals surface area (Å²) in [4.78, 5) is 24.5. The first kappa shape index (κ1) is 17.0. The van der Waals surface area contributed by atoms with Crippen LogP contribution in [-0.4, -0.2) is 18.5 Å². The lowest BCUT2D eigenvalue weighted by atomic mass is 10.1. The number of nitrogens with one attached hydrogen (secondary N) is 1. The van der Waals surface area contributed by atoms with Crippen molar-refractivity contribution in [3.05, 3.63) is 57.3 Å².